The molecule has 1 heterocycles. The molecule has 0 aliphatic rings. The van der Waals surface area contributed by atoms with Crippen molar-refractivity contribution in [1.29, 1.82) is 0 Å². The fourth-order valence-electron chi connectivity index (χ4n) is 2.17. The predicted octanol–water partition coefficient (Wildman–Crippen LogP) is 1.76. The molecule has 2 N–H and O–H groups in total. The van der Waals surface area contributed by atoms with Gasteiger partial charge < -0.3 is 19.7 Å². The lowest BCUT2D eigenvalue weighted by molar-refractivity contribution is -0.151. The smallest absolute Gasteiger partial charge is 0.379 e. The molecule has 0 saturated heterocycles. The number of rotatable bonds is 8. The summed E-state index contributed by atoms with van der Waals surface area (Å²) >= 11 is 0. The van der Waals surface area contributed by atoms with Crippen LogP contribution in [-0.2, 0) is 28.7 Å². The van der Waals surface area contributed by atoms with Crippen LogP contribution in [0.2, 0.25) is 0 Å². The lowest BCUT2D eigenvalue weighted by Crippen LogP contribution is -2.16. The Morgan fingerprint density at radius 3 is 1.54 bits per heavy atom. The van der Waals surface area contributed by atoms with Crippen LogP contribution in [0.4, 0.5) is 0 Å². The topological polar surface area (TPSA) is 140 Å². The fraction of sp³-hybridized carbons (Fsp3) is 0.316. The Hall–Kier alpha value is -3.49. The zero-order chi connectivity index (χ0) is 21.4. The molecule has 150 valence electrons. The van der Waals surface area contributed by atoms with Crippen molar-refractivity contribution in [1.82, 2.24) is 4.98 Å². The van der Waals surface area contributed by atoms with E-state index in [0.29, 0.717) is 23.5 Å². The number of hydrogen-bond acceptors (Lipinski definition) is 9. The number of ether oxygens (including phenoxy) is 2. The summed E-state index contributed by atoms with van der Waals surface area (Å²) in [5.74, 6) is -5.55. The molecule has 0 aliphatic carbocycles. The van der Waals surface area contributed by atoms with E-state index in [9.17, 15) is 29.4 Å². The molecule has 0 amide bonds. The lowest BCUT2D eigenvalue weighted by atomic mass is 10.0. The molecule has 28 heavy (non-hydrogen) atoms. The van der Waals surface area contributed by atoms with Gasteiger partial charge in [-0.2, -0.15) is 0 Å². The van der Waals surface area contributed by atoms with Gasteiger partial charge in [0.05, 0.1) is 13.2 Å². The van der Waals surface area contributed by atoms with Crippen molar-refractivity contribution in [2.45, 2.75) is 27.7 Å². The van der Waals surface area contributed by atoms with E-state index in [1.165, 1.54) is 33.8 Å². The van der Waals surface area contributed by atoms with Crippen molar-refractivity contribution in [3.63, 3.8) is 0 Å². The summed E-state index contributed by atoms with van der Waals surface area (Å²) in [6, 6.07) is 1.27. The number of aliphatic hydroxyl groups excluding tert-OH is 2. The van der Waals surface area contributed by atoms with E-state index in [1.807, 2.05) is 0 Å². The van der Waals surface area contributed by atoms with Gasteiger partial charge in [0.2, 0.25) is 0 Å². The van der Waals surface area contributed by atoms with Crippen molar-refractivity contribution in [2.24, 2.45) is 0 Å². The van der Waals surface area contributed by atoms with Gasteiger partial charge in [0.1, 0.15) is 11.5 Å². The number of aromatic nitrogens is 1. The number of pyridine rings is 1. The Balaban J connectivity index is 3.29. The summed E-state index contributed by atoms with van der Waals surface area (Å²) in [5.41, 5.74) is 0.691. The average Bonchev–Trinajstić information content (AvgIpc) is 2.61. The Morgan fingerprint density at radius 1 is 0.857 bits per heavy atom. The molecule has 0 aromatic carbocycles. The van der Waals surface area contributed by atoms with Crippen molar-refractivity contribution in [3.05, 3.63) is 40.7 Å². The first-order valence-corrected chi connectivity index (χ1v) is 8.34. The van der Waals surface area contributed by atoms with E-state index in [2.05, 4.69) is 14.5 Å². The number of ketones is 2. The third-order valence-corrected chi connectivity index (χ3v) is 3.44. The van der Waals surface area contributed by atoms with Gasteiger partial charge in [0.15, 0.2) is 0 Å². The van der Waals surface area contributed by atoms with Crippen molar-refractivity contribution in [2.75, 3.05) is 13.2 Å². The van der Waals surface area contributed by atoms with Gasteiger partial charge in [-0.25, -0.2) is 9.59 Å². The maximum Gasteiger partial charge on any atom is 0.379 e. The van der Waals surface area contributed by atoms with Gasteiger partial charge in [-0.05, 0) is 33.8 Å². The van der Waals surface area contributed by atoms with Gasteiger partial charge in [0.25, 0.3) is 11.6 Å². The third-order valence-electron chi connectivity index (χ3n) is 3.44. The van der Waals surface area contributed by atoms with Gasteiger partial charge >= 0.3 is 11.9 Å². The monoisotopic (exact) mass is 391 g/mol. The fourth-order valence-corrected chi connectivity index (χ4v) is 2.17. The van der Waals surface area contributed by atoms with E-state index in [-0.39, 0.29) is 24.3 Å². The Kier molecular flexibility index (Phi) is 8.06. The minimum atomic E-state index is -1.13. The van der Waals surface area contributed by atoms with E-state index in [0.717, 1.165) is 0 Å². The normalized spacial score (nSPS) is 11.7. The summed E-state index contributed by atoms with van der Waals surface area (Å²) < 4.78 is 9.10. The molecule has 0 radical (unpaired) electrons. The quantitative estimate of drug-likeness (QED) is 0.293. The number of aryl methyl sites for hydroxylation is 2. The van der Waals surface area contributed by atoms with Gasteiger partial charge in [-0.3, -0.25) is 14.6 Å². The SMILES string of the molecule is CCOC(=O)C(=O)/C=C(\O)c1cc(/C(O)=C/C(=O)C(=O)OCC)c(C)nc1C. The highest BCUT2D eigenvalue weighted by Gasteiger charge is 2.19. The Labute approximate surface area is 161 Å². The van der Waals surface area contributed by atoms with E-state index >= 15 is 0 Å². The van der Waals surface area contributed by atoms with Crippen LogP contribution in [0.3, 0.4) is 0 Å². The summed E-state index contributed by atoms with van der Waals surface area (Å²) in [4.78, 5) is 50.3. The number of aliphatic hydroxyl groups is 2. The number of carbonyl (C=O) groups excluding carboxylic acids is 4. The largest absolute Gasteiger partial charge is 0.507 e. The van der Waals surface area contributed by atoms with Crippen molar-refractivity contribution in [3.8, 4) is 0 Å². The molecule has 0 spiro atoms. The molecule has 0 saturated carbocycles. The number of nitrogens with zero attached hydrogens (tertiary/aromatic N) is 1. The highest BCUT2D eigenvalue weighted by atomic mass is 16.5. The number of carbonyl (C=O) groups is 4. The van der Waals surface area contributed by atoms with Crippen molar-refractivity contribution < 1.29 is 38.9 Å². The predicted molar refractivity (Wildman–Crippen MR) is 98.2 cm³/mol. The molecular weight excluding hydrogens is 370 g/mol. The number of esters is 2. The summed E-state index contributed by atoms with van der Waals surface area (Å²) in [6.45, 7) is 6.14. The molecule has 1 rings (SSSR count). The lowest BCUT2D eigenvalue weighted by Gasteiger charge is -2.10. The minimum Gasteiger partial charge on any atom is -0.507 e. The van der Waals surface area contributed by atoms with Gasteiger partial charge in [0, 0.05) is 34.7 Å². The van der Waals surface area contributed by atoms with Gasteiger partial charge in [-0.15, -0.1) is 0 Å². The second-order valence-electron chi connectivity index (χ2n) is 5.48. The van der Waals surface area contributed by atoms with Crippen LogP contribution in [0.15, 0.2) is 18.2 Å². The second kappa shape index (κ2) is 10.0. The molecule has 1 aromatic rings. The summed E-state index contributed by atoms with van der Waals surface area (Å²) in [6.07, 6.45) is 1.34. The first kappa shape index (κ1) is 22.6. The molecule has 1 aromatic heterocycles. The number of hydrogen-bond donors (Lipinski definition) is 2. The maximum absolute atomic E-state index is 11.7. The average molecular weight is 391 g/mol. The molecule has 0 aliphatic heterocycles. The molecule has 0 atom stereocenters. The van der Waals surface area contributed by atoms with E-state index < -0.39 is 35.0 Å². The standard InChI is InChI=1S/C19H21NO8/c1-5-27-18(25)16(23)8-14(21)12-7-13(11(4)20-10(12)3)15(22)9-17(24)19(26)28-6-2/h7-9,21-22H,5-6H2,1-4H3/b14-8-,15-9-. The van der Waals surface area contributed by atoms with Crippen LogP contribution in [0, 0.1) is 13.8 Å². The summed E-state index contributed by atoms with van der Waals surface area (Å²) in [5, 5.41) is 20.4. The van der Waals surface area contributed by atoms with E-state index in [1.54, 1.807) is 0 Å². The first-order chi connectivity index (χ1) is 13.1. The highest BCUT2D eigenvalue weighted by Crippen LogP contribution is 2.23. The molecular formula is C19H21NO8. The van der Waals surface area contributed by atoms with Crippen LogP contribution in [0.5, 0.6) is 0 Å². The molecule has 0 fully saturated rings. The minimum absolute atomic E-state index is 0.00159. The molecule has 0 bridgehead atoms. The molecule has 9 nitrogen and oxygen atoms in total. The van der Waals surface area contributed by atoms with E-state index in [4.69, 9.17) is 0 Å². The van der Waals surface area contributed by atoms with Crippen LogP contribution in [0.1, 0.15) is 36.4 Å². The zero-order valence-electron chi connectivity index (χ0n) is 15.9. The summed E-state index contributed by atoms with van der Waals surface area (Å²) in [7, 11) is 0. The highest BCUT2D eigenvalue weighted by molar-refractivity contribution is 6.39. The molecule has 0 unspecified atom stereocenters. The second-order valence-corrected chi connectivity index (χ2v) is 5.48. The van der Waals surface area contributed by atoms with Crippen LogP contribution >= 0.6 is 0 Å². The van der Waals surface area contributed by atoms with Crippen LogP contribution in [-0.4, -0.2) is 51.9 Å². The Bertz CT molecular complexity index is 800. The maximum atomic E-state index is 11.7. The van der Waals surface area contributed by atoms with Gasteiger partial charge in [-0.1, -0.05) is 0 Å². The third kappa shape index (κ3) is 5.76. The molecule has 9 heteroatoms. The Morgan fingerprint density at radius 2 is 1.21 bits per heavy atom. The zero-order valence-corrected chi connectivity index (χ0v) is 15.9. The van der Waals surface area contributed by atoms with Crippen LogP contribution < -0.4 is 0 Å². The van der Waals surface area contributed by atoms with Crippen molar-refractivity contribution >= 4 is 35.0 Å². The first-order valence-electron chi connectivity index (χ1n) is 8.34. The van der Waals surface area contributed by atoms with Crippen LogP contribution in [0.25, 0.3) is 11.5 Å².